The molecule has 1 atom stereocenters. The van der Waals surface area contributed by atoms with Gasteiger partial charge in [0.05, 0.1) is 0 Å². The number of nitrogens with zero attached hydrogens (tertiary/aromatic N) is 1. The standard InChI is InChI=1S/C24H31ClN2O3/c1-5-6-13-26-24(29)19(4)27(15-20-10-8-11-21(25)14-20)23(28)16-30-22-12-7-9-17(2)18(22)3/h7-12,14,19H,5-6,13,15-16H2,1-4H3,(H,26,29). The molecule has 6 heteroatoms. The van der Waals surface area contributed by atoms with Crippen LogP contribution in [0.15, 0.2) is 42.5 Å². The molecule has 0 radical (unpaired) electrons. The minimum absolute atomic E-state index is 0.141. The lowest BCUT2D eigenvalue weighted by atomic mass is 10.1. The highest BCUT2D eigenvalue weighted by Gasteiger charge is 2.26. The molecular weight excluding hydrogens is 400 g/mol. The van der Waals surface area contributed by atoms with E-state index >= 15 is 0 Å². The Bertz CT molecular complexity index is 869. The Balaban J connectivity index is 2.15. The number of rotatable bonds is 10. The van der Waals surface area contributed by atoms with Crippen molar-refractivity contribution in [1.29, 1.82) is 0 Å². The Labute approximate surface area is 184 Å². The molecule has 0 bridgehead atoms. The Morgan fingerprint density at radius 2 is 1.90 bits per heavy atom. The summed E-state index contributed by atoms with van der Waals surface area (Å²) in [6, 6.07) is 12.4. The number of hydrogen-bond acceptors (Lipinski definition) is 3. The van der Waals surface area contributed by atoms with Crippen LogP contribution >= 0.6 is 11.6 Å². The monoisotopic (exact) mass is 430 g/mol. The first-order valence-corrected chi connectivity index (χ1v) is 10.7. The largest absolute Gasteiger partial charge is 0.483 e. The van der Waals surface area contributed by atoms with E-state index in [1.165, 1.54) is 4.90 Å². The van der Waals surface area contributed by atoms with Crippen molar-refractivity contribution in [2.24, 2.45) is 0 Å². The Morgan fingerprint density at radius 1 is 1.17 bits per heavy atom. The smallest absolute Gasteiger partial charge is 0.261 e. The van der Waals surface area contributed by atoms with E-state index in [4.69, 9.17) is 16.3 Å². The maximum atomic E-state index is 13.1. The topological polar surface area (TPSA) is 58.6 Å². The predicted molar refractivity (Wildman–Crippen MR) is 121 cm³/mol. The van der Waals surface area contributed by atoms with Gasteiger partial charge in [-0.2, -0.15) is 0 Å². The molecule has 0 aliphatic carbocycles. The number of amides is 2. The van der Waals surface area contributed by atoms with Gasteiger partial charge in [-0.15, -0.1) is 0 Å². The van der Waals surface area contributed by atoms with E-state index < -0.39 is 6.04 Å². The fourth-order valence-electron chi connectivity index (χ4n) is 3.05. The molecule has 162 valence electrons. The van der Waals surface area contributed by atoms with Crippen LogP contribution in [0, 0.1) is 13.8 Å². The molecule has 2 rings (SSSR count). The third-order valence-electron chi connectivity index (χ3n) is 5.14. The lowest BCUT2D eigenvalue weighted by Gasteiger charge is -2.29. The van der Waals surface area contributed by atoms with Crippen molar-refractivity contribution >= 4 is 23.4 Å². The molecule has 0 fully saturated rings. The number of ether oxygens (including phenoxy) is 1. The average molecular weight is 431 g/mol. The highest BCUT2D eigenvalue weighted by molar-refractivity contribution is 6.30. The van der Waals surface area contributed by atoms with Crippen LogP contribution in [0.3, 0.4) is 0 Å². The van der Waals surface area contributed by atoms with E-state index in [0.29, 0.717) is 17.3 Å². The van der Waals surface area contributed by atoms with Crippen molar-refractivity contribution in [3.05, 3.63) is 64.2 Å². The molecule has 2 aromatic rings. The summed E-state index contributed by atoms with van der Waals surface area (Å²) in [7, 11) is 0. The van der Waals surface area contributed by atoms with Gasteiger partial charge in [0, 0.05) is 18.1 Å². The minimum atomic E-state index is -0.629. The van der Waals surface area contributed by atoms with Gasteiger partial charge in [-0.25, -0.2) is 0 Å². The van der Waals surface area contributed by atoms with E-state index in [0.717, 1.165) is 29.5 Å². The van der Waals surface area contributed by atoms with Gasteiger partial charge in [0.25, 0.3) is 5.91 Å². The first-order valence-electron chi connectivity index (χ1n) is 10.3. The van der Waals surface area contributed by atoms with E-state index in [-0.39, 0.29) is 25.0 Å². The molecular formula is C24H31ClN2O3. The van der Waals surface area contributed by atoms with Gasteiger partial charge < -0.3 is 15.0 Å². The molecule has 0 spiro atoms. The molecule has 30 heavy (non-hydrogen) atoms. The van der Waals surface area contributed by atoms with Gasteiger partial charge >= 0.3 is 0 Å². The summed E-state index contributed by atoms with van der Waals surface area (Å²) < 4.78 is 5.80. The summed E-state index contributed by atoms with van der Waals surface area (Å²) in [5, 5.41) is 3.50. The van der Waals surface area contributed by atoms with Crippen LogP contribution in [0.25, 0.3) is 0 Å². The second-order valence-electron chi connectivity index (χ2n) is 7.46. The molecule has 2 amide bonds. The third kappa shape index (κ3) is 6.77. The van der Waals surface area contributed by atoms with Crippen LogP contribution in [0.5, 0.6) is 5.75 Å². The summed E-state index contributed by atoms with van der Waals surface area (Å²) in [5.74, 6) is 0.241. The number of nitrogens with one attached hydrogen (secondary N) is 1. The quantitative estimate of drug-likeness (QED) is 0.557. The van der Waals surface area contributed by atoms with Crippen LogP contribution in [0.1, 0.15) is 43.4 Å². The van der Waals surface area contributed by atoms with Gasteiger partial charge in [0.2, 0.25) is 5.91 Å². The lowest BCUT2D eigenvalue weighted by molar-refractivity contribution is -0.142. The van der Waals surface area contributed by atoms with Crippen molar-refractivity contribution in [1.82, 2.24) is 10.2 Å². The van der Waals surface area contributed by atoms with Gasteiger partial charge in [-0.1, -0.05) is 49.2 Å². The van der Waals surface area contributed by atoms with Crippen molar-refractivity contribution in [3.63, 3.8) is 0 Å². The fourth-order valence-corrected chi connectivity index (χ4v) is 3.27. The molecule has 1 N–H and O–H groups in total. The summed E-state index contributed by atoms with van der Waals surface area (Å²) in [4.78, 5) is 27.2. The van der Waals surface area contributed by atoms with E-state index in [1.54, 1.807) is 19.1 Å². The van der Waals surface area contributed by atoms with Gasteiger partial charge in [-0.3, -0.25) is 9.59 Å². The fraction of sp³-hybridized carbons (Fsp3) is 0.417. The maximum absolute atomic E-state index is 13.1. The van der Waals surface area contributed by atoms with Crippen LogP contribution in [-0.4, -0.2) is 35.9 Å². The van der Waals surface area contributed by atoms with Crippen molar-refractivity contribution in [2.45, 2.75) is 53.1 Å². The number of aryl methyl sites for hydroxylation is 1. The lowest BCUT2D eigenvalue weighted by Crippen LogP contribution is -2.49. The third-order valence-corrected chi connectivity index (χ3v) is 5.38. The van der Waals surface area contributed by atoms with E-state index in [9.17, 15) is 9.59 Å². The zero-order valence-corrected chi connectivity index (χ0v) is 19.0. The number of carbonyl (C=O) groups excluding carboxylic acids is 2. The molecule has 0 heterocycles. The van der Waals surface area contributed by atoms with Crippen LogP contribution in [0.4, 0.5) is 0 Å². The van der Waals surface area contributed by atoms with Crippen LogP contribution in [0.2, 0.25) is 5.02 Å². The van der Waals surface area contributed by atoms with Gasteiger partial charge in [0.15, 0.2) is 6.61 Å². The molecule has 5 nitrogen and oxygen atoms in total. The molecule has 0 aliphatic rings. The molecule has 0 saturated carbocycles. The number of benzene rings is 2. The van der Waals surface area contributed by atoms with Gasteiger partial charge in [0.1, 0.15) is 11.8 Å². The summed E-state index contributed by atoms with van der Waals surface area (Å²) in [5.41, 5.74) is 2.95. The number of hydrogen-bond donors (Lipinski definition) is 1. The molecule has 1 unspecified atom stereocenters. The zero-order valence-electron chi connectivity index (χ0n) is 18.2. The molecule has 0 saturated heterocycles. The predicted octanol–water partition coefficient (Wildman–Crippen LogP) is 4.67. The van der Waals surface area contributed by atoms with Crippen LogP contribution in [-0.2, 0) is 16.1 Å². The first kappa shape index (κ1) is 23.7. The number of unbranched alkanes of at least 4 members (excludes halogenated alkanes) is 1. The maximum Gasteiger partial charge on any atom is 0.261 e. The highest BCUT2D eigenvalue weighted by atomic mass is 35.5. The summed E-state index contributed by atoms with van der Waals surface area (Å²) in [6.07, 6.45) is 1.89. The Hall–Kier alpha value is -2.53. The Morgan fingerprint density at radius 3 is 2.60 bits per heavy atom. The second kappa shape index (κ2) is 11.6. The molecule has 0 aromatic heterocycles. The SMILES string of the molecule is CCCCNC(=O)C(C)N(Cc1cccc(Cl)c1)C(=O)COc1cccc(C)c1C. The van der Waals surface area contributed by atoms with Crippen molar-refractivity contribution in [3.8, 4) is 5.75 Å². The number of halogens is 1. The van der Waals surface area contributed by atoms with Crippen LogP contribution < -0.4 is 10.1 Å². The normalized spacial score (nSPS) is 11.6. The number of carbonyl (C=O) groups is 2. The molecule has 0 aliphatic heterocycles. The van der Waals surface area contributed by atoms with E-state index in [1.807, 2.05) is 44.2 Å². The average Bonchev–Trinajstić information content (AvgIpc) is 2.72. The van der Waals surface area contributed by atoms with Gasteiger partial charge in [-0.05, 0) is 62.1 Å². The van der Waals surface area contributed by atoms with Crippen molar-refractivity contribution in [2.75, 3.05) is 13.2 Å². The Kier molecular flexibility index (Phi) is 9.18. The minimum Gasteiger partial charge on any atom is -0.483 e. The summed E-state index contributed by atoms with van der Waals surface area (Å²) >= 11 is 6.10. The second-order valence-corrected chi connectivity index (χ2v) is 7.90. The molecule has 2 aromatic carbocycles. The van der Waals surface area contributed by atoms with E-state index in [2.05, 4.69) is 12.2 Å². The van der Waals surface area contributed by atoms with Crippen molar-refractivity contribution < 1.29 is 14.3 Å². The summed E-state index contributed by atoms with van der Waals surface area (Å²) in [6.45, 7) is 8.49. The zero-order chi connectivity index (χ0) is 22.1. The highest BCUT2D eigenvalue weighted by Crippen LogP contribution is 2.21. The first-order chi connectivity index (χ1) is 14.3.